The van der Waals surface area contributed by atoms with Crippen molar-refractivity contribution < 1.29 is 4.79 Å². The van der Waals surface area contributed by atoms with E-state index in [9.17, 15) is 19.2 Å². The van der Waals surface area contributed by atoms with Gasteiger partial charge < -0.3 is 15.2 Å². The number of rotatable bonds is 4. The van der Waals surface area contributed by atoms with Crippen LogP contribution in [0.25, 0.3) is 0 Å². The van der Waals surface area contributed by atoms with Gasteiger partial charge in [0.1, 0.15) is 5.56 Å². The van der Waals surface area contributed by atoms with E-state index in [1.54, 1.807) is 13.2 Å². The molecule has 0 aliphatic carbocycles. The van der Waals surface area contributed by atoms with Crippen LogP contribution in [0.3, 0.4) is 0 Å². The number of nitrogens with zero attached hydrogens (tertiary/aromatic N) is 3. The lowest BCUT2D eigenvalue weighted by molar-refractivity contribution is 0.0946. The molecule has 1 fully saturated rings. The Hall–Kier alpha value is -3.17. The summed E-state index contributed by atoms with van der Waals surface area (Å²) in [6, 6.07) is 1.54. The Morgan fingerprint density at radius 1 is 1.40 bits per heavy atom. The molecule has 10 nitrogen and oxygen atoms in total. The monoisotopic (exact) mass is 346 g/mol. The van der Waals surface area contributed by atoms with Crippen LogP contribution in [0, 0.1) is 5.92 Å². The van der Waals surface area contributed by atoms with Crippen molar-refractivity contribution in [2.45, 2.75) is 6.42 Å². The Bertz CT molecular complexity index is 959. The molecule has 1 aliphatic heterocycles. The fourth-order valence-corrected chi connectivity index (χ4v) is 2.78. The van der Waals surface area contributed by atoms with Crippen LogP contribution in [0.4, 0.5) is 5.69 Å². The SMILES string of the molecule is Cn1ncc(N2CCC(CNC(=O)c3c[nH]c(=O)[nH]c3=O)C2)cc1=O. The predicted molar refractivity (Wildman–Crippen MR) is 89.8 cm³/mol. The number of anilines is 1. The summed E-state index contributed by atoms with van der Waals surface area (Å²) >= 11 is 0. The average Bonchev–Trinajstić information content (AvgIpc) is 3.04. The standard InChI is InChI=1S/C15H18N6O4/c1-20-12(22)4-10(6-18-20)21-3-2-9(8-21)5-16-13(23)11-7-17-15(25)19-14(11)24/h4,6-7,9H,2-3,5,8H2,1H3,(H,16,23)(H2,17,19,24,25). The van der Waals surface area contributed by atoms with E-state index in [1.807, 2.05) is 9.88 Å². The lowest BCUT2D eigenvalue weighted by atomic mass is 10.1. The molecule has 3 heterocycles. The van der Waals surface area contributed by atoms with E-state index in [0.29, 0.717) is 13.1 Å². The highest BCUT2D eigenvalue weighted by atomic mass is 16.2. The van der Waals surface area contributed by atoms with Crippen LogP contribution in [-0.2, 0) is 7.05 Å². The Balaban J connectivity index is 1.59. The van der Waals surface area contributed by atoms with E-state index in [2.05, 4.69) is 15.4 Å². The van der Waals surface area contributed by atoms with E-state index in [1.165, 1.54) is 10.7 Å². The minimum atomic E-state index is -0.722. The zero-order valence-electron chi connectivity index (χ0n) is 13.6. The Kier molecular flexibility index (Phi) is 4.50. The molecule has 1 unspecified atom stereocenters. The van der Waals surface area contributed by atoms with Crippen LogP contribution >= 0.6 is 0 Å². The zero-order valence-corrected chi connectivity index (χ0v) is 13.6. The normalized spacial score (nSPS) is 16.8. The molecule has 25 heavy (non-hydrogen) atoms. The molecular weight excluding hydrogens is 328 g/mol. The number of aromatic amines is 2. The summed E-state index contributed by atoms with van der Waals surface area (Å²) in [5.74, 6) is -0.346. The van der Waals surface area contributed by atoms with E-state index in [0.717, 1.165) is 24.8 Å². The number of hydrogen-bond acceptors (Lipinski definition) is 6. The molecule has 3 rings (SSSR count). The van der Waals surface area contributed by atoms with Crippen LogP contribution < -0.4 is 27.0 Å². The van der Waals surface area contributed by atoms with Gasteiger partial charge in [-0.1, -0.05) is 0 Å². The lowest BCUT2D eigenvalue weighted by Crippen LogP contribution is -2.36. The molecule has 1 saturated heterocycles. The molecule has 2 aromatic heterocycles. The van der Waals surface area contributed by atoms with Crippen LogP contribution in [0.1, 0.15) is 16.8 Å². The summed E-state index contributed by atoms with van der Waals surface area (Å²) in [4.78, 5) is 52.6. The van der Waals surface area contributed by atoms with E-state index in [4.69, 9.17) is 0 Å². The first-order valence-electron chi connectivity index (χ1n) is 7.82. The third kappa shape index (κ3) is 3.67. The van der Waals surface area contributed by atoms with Crippen molar-refractivity contribution in [3.8, 4) is 0 Å². The smallest absolute Gasteiger partial charge is 0.325 e. The highest BCUT2D eigenvalue weighted by molar-refractivity contribution is 5.93. The molecule has 1 amide bonds. The third-order valence-corrected chi connectivity index (χ3v) is 4.22. The molecular formula is C15H18N6O4. The van der Waals surface area contributed by atoms with Gasteiger partial charge in [0.25, 0.3) is 17.0 Å². The minimum Gasteiger partial charge on any atom is -0.370 e. The summed E-state index contributed by atoms with van der Waals surface area (Å²) in [5.41, 5.74) is -0.929. The topological polar surface area (TPSA) is 133 Å². The van der Waals surface area contributed by atoms with Crippen LogP contribution in [0.15, 0.2) is 32.8 Å². The second kappa shape index (κ2) is 6.75. The van der Waals surface area contributed by atoms with E-state index >= 15 is 0 Å². The summed E-state index contributed by atoms with van der Waals surface area (Å²) in [5, 5.41) is 6.71. The van der Waals surface area contributed by atoms with Gasteiger partial charge in [0.2, 0.25) is 0 Å². The fourth-order valence-electron chi connectivity index (χ4n) is 2.78. The Morgan fingerprint density at radius 3 is 2.92 bits per heavy atom. The molecule has 1 atom stereocenters. The number of amides is 1. The second-order valence-corrected chi connectivity index (χ2v) is 5.97. The Labute approximate surface area is 141 Å². The molecule has 0 bridgehead atoms. The van der Waals surface area contributed by atoms with Crippen LogP contribution in [-0.4, -0.2) is 45.3 Å². The van der Waals surface area contributed by atoms with Crippen molar-refractivity contribution in [3.05, 3.63) is 55.2 Å². The first-order chi connectivity index (χ1) is 11.9. The van der Waals surface area contributed by atoms with Gasteiger partial charge >= 0.3 is 5.69 Å². The van der Waals surface area contributed by atoms with Crippen molar-refractivity contribution >= 4 is 11.6 Å². The van der Waals surface area contributed by atoms with Gasteiger partial charge in [0, 0.05) is 38.9 Å². The maximum atomic E-state index is 12.0. The second-order valence-electron chi connectivity index (χ2n) is 5.97. The highest BCUT2D eigenvalue weighted by Crippen LogP contribution is 2.21. The molecule has 0 aromatic carbocycles. The molecule has 2 aromatic rings. The first-order valence-corrected chi connectivity index (χ1v) is 7.82. The van der Waals surface area contributed by atoms with Crippen molar-refractivity contribution in [1.29, 1.82) is 0 Å². The van der Waals surface area contributed by atoms with Crippen molar-refractivity contribution in [1.82, 2.24) is 25.1 Å². The molecule has 0 spiro atoms. The number of H-pyrrole nitrogens is 2. The fraction of sp³-hybridized carbons (Fsp3) is 0.400. The number of carbonyl (C=O) groups excluding carboxylic acids is 1. The third-order valence-electron chi connectivity index (χ3n) is 4.22. The molecule has 132 valence electrons. The van der Waals surface area contributed by atoms with Crippen LogP contribution in [0.2, 0.25) is 0 Å². The quantitative estimate of drug-likeness (QED) is 0.611. The number of carbonyl (C=O) groups is 1. The largest absolute Gasteiger partial charge is 0.370 e. The Morgan fingerprint density at radius 2 is 2.20 bits per heavy atom. The number of hydrogen-bond donors (Lipinski definition) is 3. The van der Waals surface area contributed by atoms with Gasteiger partial charge in [-0.2, -0.15) is 5.10 Å². The summed E-state index contributed by atoms with van der Waals surface area (Å²) in [6.45, 7) is 1.83. The molecule has 3 N–H and O–H groups in total. The maximum Gasteiger partial charge on any atom is 0.325 e. The molecule has 0 saturated carbocycles. The average molecular weight is 346 g/mol. The van der Waals surface area contributed by atoms with Crippen molar-refractivity contribution in [3.63, 3.8) is 0 Å². The first kappa shape index (κ1) is 16.7. The van der Waals surface area contributed by atoms with E-state index in [-0.39, 0.29) is 17.0 Å². The highest BCUT2D eigenvalue weighted by Gasteiger charge is 2.24. The minimum absolute atomic E-state index is 0.134. The molecule has 0 radical (unpaired) electrons. The van der Waals surface area contributed by atoms with Gasteiger partial charge in [-0.05, 0) is 12.3 Å². The molecule has 1 aliphatic rings. The number of aryl methyl sites for hydroxylation is 1. The van der Waals surface area contributed by atoms with Crippen molar-refractivity contribution in [2.24, 2.45) is 13.0 Å². The summed E-state index contributed by atoms with van der Waals surface area (Å²) in [7, 11) is 1.59. The van der Waals surface area contributed by atoms with Crippen molar-refractivity contribution in [2.75, 3.05) is 24.5 Å². The van der Waals surface area contributed by atoms with E-state index < -0.39 is 17.2 Å². The predicted octanol–water partition coefficient (Wildman–Crippen LogP) is -1.59. The lowest BCUT2D eigenvalue weighted by Gasteiger charge is -2.18. The molecule has 10 heteroatoms. The van der Waals surface area contributed by atoms with Gasteiger partial charge in [-0.3, -0.25) is 19.4 Å². The number of nitrogens with one attached hydrogen (secondary N) is 3. The van der Waals surface area contributed by atoms with Gasteiger partial charge in [-0.15, -0.1) is 0 Å². The van der Waals surface area contributed by atoms with Crippen LogP contribution in [0.5, 0.6) is 0 Å². The van der Waals surface area contributed by atoms with Gasteiger partial charge in [0.05, 0.1) is 11.9 Å². The number of aromatic nitrogens is 4. The summed E-state index contributed by atoms with van der Waals surface area (Å²) < 4.78 is 1.26. The maximum absolute atomic E-state index is 12.0. The summed E-state index contributed by atoms with van der Waals surface area (Å²) in [6.07, 6.45) is 3.59. The zero-order chi connectivity index (χ0) is 18.0. The van der Waals surface area contributed by atoms with Gasteiger partial charge in [0.15, 0.2) is 0 Å². The van der Waals surface area contributed by atoms with Gasteiger partial charge in [-0.25, -0.2) is 9.48 Å².